The number of nitrogens with zero attached hydrogens (tertiary/aromatic N) is 4. The first-order chi connectivity index (χ1) is 7.56. The van der Waals surface area contributed by atoms with Crippen molar-refractivity contribution < 1.29 is 4.79 Å². The second-order valence-corrected chi connectivity index (χ2v) is 3.55. The molecule has 0 aliphatic carbocycles. The number of azide groups is 1. The van der Waals surface area contributed by atoms with Gasteiger partial charge in [0.25, 0.3) is 0 Å². The van der Waals surface area contributed by atoms with Crippen LogP contribution in [0.2, 0.25) is 0 Å². The molecule has 1 rings (SSSR count). The minimum Gasteiger partial charge on any atom is -0.316 e. The van der Waals surface area contributed by atoms with Crippen molar-refractivity contribution in [3.05, 3.63) is 40.3 Å². The summed E-state index contributed by atoms with van der Waals surface area (Å²) in [7, 11) is 1.72. The zero-order valence-electron chi connectivity index (χ0n) is 9.58. The van der Waals surface area contributed by atoms with Gasteiger partial charge in [-0.3, -0.25) is 4.79 Å². The first-order valence-corrected chi connectivity index (χ1v) is 4.94. The number of carbonyl (C=O) groups is 1. The van der Waals surface area contributed by atoms with Crippen molar-refractivity contribution in [1.82, 2.24) is 0 Å². The summed E-state index contributed by atoms with van der Waals surface area (Å²) < 4.78 is 0. The Morgan fingerprint density at radius 1 is 1.44 bits per heavy atom. The Kier molecular flexibility index (Phi) is 3.91. The van der Waals surface area contributed by atoms with Crippen LogP contribution in [0.3, 0.4) is 0 Å². The second-order valence-electron chi connectivity index (χ2n) is 3.55. The fourth-order valence-corrected chi connectivity index (χ4v) is 1.30. The van der Waals surface area contributed by atoms with Gasteiger partial charge in [0.05, 0.1) is 6.04 Å². The smallest absolute Gasteiger partial charge is 0.223 e. The van der Waals surface area contributed by atoms with Crippen molar-refractivity contribution in [3.8, 4) is 0 Å². The number of anilines is 1. The lowest BCUT2D eigenvalue weighted by molar-refractivity contribution is -0.116. The Morgan fingerprint density at radius 3 is 2.44 bits per heavy atom. The topological polar surface area (TPSA) is 69.1 Å². The highest BCUT2D eigenvalue weighted by Crippen LogP contribution is 2.20. The predicted molar refractivity (Wildman–Crippen MR) is 63.1 cm³/mol. The minimum absolute atomic E-state index is 0.0177. The molecule has 1 aromatic rings. The Balaban J connectivity index is 2.90. The van der Waals surface area contributed by atoms with Crippen molar-refractivity contribution in [2.45, 2.75) is 19.9 Å². The number of benzene rings is 1. The first kappa shape index (κ1) is 12.1. The molecule has 5 nitrogen and oxygen atoms in total. The van der Waals surface area contributed by atoms with Gasteiger partial charge in [0.1, 0.15) is 0 Å². The van der Waals surface area contributed by atoms with Crippen molar-refractivity contribution in [2.75, 3.05) is 11.9 Å². The molecule has 84 valence electrons. The van der Waals surface area contributed by atoms with Crippen molar-refractivity contribution >= 4 is 11.6 Å². The molecule has 0 bridgehead atoms. The van der Waals surface area contributed by atoms with Gasteiger partial charge in [-0.25, -0.2) is 0 Å². The van der Waals surface area contributed by atoms with Crippen molar-refractivity contribution in [2.24, 2.45) is 5.11 Å². The molecule has 1 unspecified atom stereocenters. The van der Waals surface area contributed by atoms with Gasteiger partial charge in [0, 0.05) is 24.6 Å². The standard InChI is InChI=1S/C11H14N4O/c1-8(13-14-12)10-4-6-11(7-5-10)15(3)9(2)16/h4-8H,1-3H3. The highest BCUT2D eigenvalue weighted by molar-refractivity contribution is 5.90. The van der Waals surface area contributed by atoms with E-state index in [0.29, 0.717) is 0 Å². The SMILES string of the molecule is CC(=O)N(C)c1ccc(C(C)N=[N+]=[N-])cc1. The third-order valence-corrected chi connectivity index (χ3v) is 2.46. The third-order valence-electron chi connectivity index (χ3n) is 2.46. The number of hydrogen-bond donors (Lipinski definition) is 0. The molecule has 1 aromatic carbocycles. The highest BCUT2D eigenvalue weighted by atomic mass is 16.2. The molecule has 0 heterocycles. The van der Waals surface area contributed by atoms with Gasteiger partial charge in [-0.15, -0.1) is 0 Å². The monoisotopic (exact) mass is 218 g/mol. The maximum absolute atomic E-state index is 11.1. The summed E-state index contributed by atoms with van der Waals surface area (Å²) in [6.07, 6.45) is 0. The Labute approximate surface area is 94.3 Å². The van der Waals surface area contributed by atoms with Gasteiger partial charge in [-0.1, -0.05) is 24.2 Å². The summed E-state index contributed by atoms with van der Waals surface area (Å²) in [6, 6.07) is 7.18. The van der Waals surface area contributed by atoms with Crippen LogP contribution >= 0.6 is 0 Å². The van der Waals surface area contributed by atoms with Crippen LogP contribution in [0, 0.1) is 0 Å². The molecule has 0 radical (unpaired) electrons. The van der Waals surface area contributed by atoms with Gasteiger partial charge in [0.15, 0.2) is 0 Å². The lowest BCUT2D eigenvalue weighted by atomic mass is 10.1. The normalized spacial score (nSPS) is 11.4. The maximum atomic E-state index is 11.1. The van der Waals surface area contributed by atoms with E-state index in [1.165, 1.54) is 6.92 Å². The molecule has 5 heteroatoms. The van der Waals surface area contributed by atoms with E-state index in [9.17, 15) is 4.79 Å². The van der Waals surface area contributed by atoms with Gasteiger partial charge < -0.3 is 4.90 Å². The summed E-state index contributed by atoms with van der Waals surface area (Å²) >= 11 is 0. The fraction of sp³-hybridized carbons (Fsp3) is 0.364. The average Bonchev–Trinajstić information content (AvgIpc) is 2.28. The Morgan fingerprint density at radius 2 is 2.00 bits per heavy atom. The molecule has 0 aliphatic heterocycles. The van der Waals surface area contributed by atoms with E-state index in [1.54, 1.807) is 11.9 Å². The molecule has 0 aliphatic rings. The van der Waals surface area contributed by atoms with Gasteiger partial charge in [0.2, 0.25) is 5.91 Å². The molecular weight excluding hydrogens is 204 g/mol. The second kappa shape index (κ2) is 5.19. The van der Waals surface area contributed by atoms with Crippen LogP contribution in [0.5, 0.6) is 0 Å². The molecule has 0 aromatic heterocycles. The molecular formula is C11H14N4O. The first-order valence-electron chi connectivity index (χ1n) is 4.94. The molecule has 0 spiro atoms. The molecule has 1 atom stereocenters. The lowest BCUT2D eigenvalue weighted by Gasteiger charge is -2.15. The maximum Gasteiger partial charge on any atom is 0.223 e. The summed E-state index contributed by atoms with van der Waals surface area (Å²) in [5, 5.41) is 3.60. The highest BCUT2D eigenvalue weighted by Gasteiger charge is 2.06. The number of carbonyl (C=O) groups excluding carboxylic acids is 1. The van der Waals surface area contributed by atoms with Crippen LogP contribution in [0.1, 0.15) is 25.5 Å². The van der Waals surface area contributed by atoms with E-state index in [0.717, 1.165) is 11.3 Å². The van der Waals surface area contributed by atoms with Crippen LogP contribution < -0.4 is 4.90 Å². The summed E-state index contributed by atoms with van der Waals surface area (Å²) in [5.41, 5.74) is 10.1. The van der Waals surface area contributed by atoms with Gasteiger partial charge in [-0.2, -0.15) is 0 Å². The number of hydrogen-bond acceptors (Lipinski definition) is 2. The summed E-state index contributed by atoms with van der Waals surface area (Å²) in [5.74, 6) is -0.0177. The molecule has 0 fully saturated rings. The van der Waals surface area contributed by atoms with Crippen molar-refractivity contribution in [1.29, 1.82) is 0 Å². The van der Waals surface area contributed by atoms with E-state index in [2.05, 4.69) is 10.0 Å². The van der Waals surface area contributed by atoms with E-state index < -0.39 is 0 Å². The van der Waals surface area contributed by atoms with Gasteiger partial charge >= 0.3 is 0 Å². The van der Waals surface area contributed by atoms with E-state index in [-0.39, 0.29) is 11.9 Å². The van der Waals surface area contributed by atoms with E-state index in [4.69, 9.17) is 5.53 Å². The number of rotatable bonds is 3. The third kappa shape index (κ3) is 2.74. The van der Waals surface area contributed by atoms with Crippen LogP contribution in [0.4, 0.5) is 5.69 Å². The molecule has 1 amide bonds. The summed E-state index contributed by atoms with van der Waals surface area (Å²) in [6.45, 7) is 3.33. The van der Waals surface area contributed by atoms with Crippen molar-refractivity contribution in [3.63, 3.8) is 0 Å². The van der Waals surface area contributed by atoms with Crippen LogP contribution in [0.25, 0.3) is 10.4 Å². The Bertz CT molecular complexity index is 393. The molecule has 16 heavy (non-hydrogen) atoms. The van der Waals surface area contributed by atoms with Crippen LogP contribution in [-0.4, -0.2) is 13.0 Å². The minimum atomic E-state index is -0.193. The predicted octanol–water partition coefficient (Wildman–Crippen LogP) is 3.04. The number of amides is 1. The van der Waals surface area contributed by atoms with Crippen LogP contribution in [0.15, 0.2) is 29.4 Å². The zero-order valence-corrected chi connectivity index (χ0v) is 9.58. The summed E-state index contributed by atoms with van der Waals surface area (Å²) in [4.78, 5) is 15.4. The zero-order chi connectivity index (χ0) is 12.1. The molecule has 0 saturated heterocycles. The van der Waals surface area contributed by atoms with Crippen LogP contribution in [-0.2, 0) is 4.79 Å². The lowest BCUT2D eigenvalue weighted by Crippen LogP contribution is -2.22. The molecule has 0 saturated carbocycles. The fourth-order valence-electron chi connectivity index (χ4n) is 1.30. The van der Waals surface area contributed by atoms with Gasteiger partial charge in [-0.05, 0) is 23.2 Å². The largest absolute Gasteiger partial charge is 0.316 e. The quantitative estimate of drug-likeness (QED) is 0.436. The Hall–Kier alpha value is -2.00. The van der Waals surface area contributed by atoms with E-state index >= 15 is 0 Å². The average molecular weight is 218 g/mol. The molecule has 0 N–H and O–H groups in total. The van der Waals surface area contributed by atoms with E-state index in [1.807, 2.05) is 31.2 Å².